The Balaban J connectivity index is 2.49. The first kappa shape index (κ1) is 16.5. The van der Waals surface area contributed by atoms with Crippen molar-refractivity contribution < 1.29 is 14.4 Å². The van der Waals surface area contributed by atoms with Gasteiger partial charge in [-0.05, 0) is 60.9 Å². The van der Waals surface area contributed by atoms with Crippen LogP contribution in [0.3, 0.4) is 0 Å². The molecule has 1 atom stereocenters. The predicted octanol–water partition coefficient (Wildman–Crippen LogP) is 3.36. The molecule has 0 amide bonds. The van der Waals surface area contributed by atoms with Crippen molar-refractivity contribution in [3.63, 3.8) is 0 Å². The van der Waals surface area contributed by atoms with Gasteiger partial charge in [0.15, 0.2) is 0 Å². The molecule has 0 spiro atoms. The molecule has 1 aliphatic rings. The zero-order chi connectivity index (χ0) is 16.1. The van der Waals surface area contributed by atoms with E-state index in [1.807, 2.05) is 13.8 Å². The molecule has 1 saturated heterocycles. The molecule has 21 heavy (non-hydrogen) atoms. The molecule has 0 N–H and O–H groups in total. The lowest BCUT2D eigenvalue weighted by atomic mass is 9.44. The van der Waals surface area contributed by atoms with Gasteiger partial charge in [-0.15, -0.1) is 0 Å². The molecule has 116 valence electrons. The van der Waals surface area contributed by atoms with Crippen LogP contribution in [0.4, 0.5) is 0 Å². The molecule has 0 aromatic heterocycles. The minimum Gasteiger partial charge on any atom is -0.371 e. The summed E-state index contributed by atoms with van der Waals surface area (Å²) in [6.07, 6.45) is 0. The average Bonchev–Trinajstić information content (AvgIpc) is 2.52. The molecular weight excluding hydrogens is 263 g/mol. The molecule has 1 fully saturated rings. The van der Waals surface area contributed by atoms with Crippen LogP contribution in [-0.4, -0.2) is 23.6 Å². The van der Waals surface area contributed by atoms with Crippen molar-refractivity contribution in [3.05, 3.63) is 29.3 Å². The molecule has 0 bridgehead atoms. The van der Waals surface area contributed by atoms with Gasteiger partial charge < -0.3 is 4.74 Å². The number of rotatable bonds is 2. The van der Waals surface area contributed by atoms with E-state index in [0.29, 0.717) is 0 Å². The Morgan fingerprint density at radius 2 is 1.71 bits per heavy atom. The highest BCUT2D eigenvalue weighted by Crippen LogP contribution is 2.41. The molecule has 0 aliphatic carbocycles. The van der Waals surface area contributed by atoms with Crippen LogP contribution in [-0.2, 0) is 14.4 Å². The van der Waals surface area contributed by atoms with E-state index in [4.69, 9.17) is 14.4 Å². The summed E-state index contributed by atoms with van der Waals surface area (Å²) in [5.74, 6) is 0. The van der Waals surface area contributed by atoms with Gasteiger partial charge in [0.25, 0.3) is 0 Å². The molecule has 0 radical (unpaired) electrons. The van der Waals surface area contributed by atoms with E-state index < -0.39 is 11.1 Å². The molecule has 1 unspecified atom stereocenters. The molecular formula is C17H27BO3. The van der Waals surface area contributed by atoms with Crippen LogP contribution in [0.2, 0.25) is 0 Å². The monoisotopic (exact) mass is 290 g/mol. The average molecular weight is 290 g/mol. The van der Waals surface area contributed by atoms with E-state index in [2.05, 4.69) is 59.7 Å². The van der Waals surface area contributed by atoms with Crippen molar-refractivity contribution in [1.29, 1.82) is 0 Å². The Morgan fingerprint density at radius 3 is 2.29 bits per heavy atom. The number of ether oxygens (including phenoxy) is 1. The molecule has 0 saturated carbocycles. The summed E-state index contributed by atoms with van der Waals surface area (Å²) in [6.45, 7) is 16.2. The highest BCUT2D eigenvalue weighted by atomic mass is 17.2. The number of benzene rings is 1. The van der Waals surface area contributed by atoms with Gasteiger partial charge in [0.1, 0.15) is 11.1 Å². The Hall–Kier alpha value is -0.835. The number of hydrogen-bond donors (Lipinski definition) is 0. The van der Waals surface area contributed by atoms with Crippen LogP contribution in [0.15, 0.2) is 18.2 Å². The summed E-state index contributed by atoms with van der Waals surface area (Å²) in [5.41, 5.74) is 2.16. The topological polar surface area (TPSA) is 27.7 Å². The highest BCUT2D eigenvalue weighted by Gasteiger charge is 2.62. The van der Waals surface area contributed by atoms with Crippen molar-refractivity contribution in [3.8, 4) is 0 Å². The molecule has 1 aromatic carbocycles. The van der Waals surface area contributed by atoms with Gasteiger partial charge in [0.05, 0.1) is 5.60 Å². The Morgan fingerprint density at radius 1 is 1.10 bits per heavy atom. The first-order valence-corrected chi connectivity index (χ1v) is 7.58. The molecule has 1 aliphatic heterocycles. The van der Waals surface area contributed by atoms with Crippen LogP contribution >= 0.6 is 0 Å². The Kier molecular flexibility index (Phi) is 4.03. The standard InChI is InChI=1S/C17H27BO3/c1-12-9-10-13(2)14(11-12)18-17(8,19-15(3,4)5)16(6,7)20-21-18/h9-11H,1-8H3. The zero-order valence-corrected chi connectivity index (χ0v) is 14.5. The normalized spacial score (nSPS) is 25.4. The lowest BCUT2D eigenvalue weighted by Gasteiger charge is -2.41. The van der Waals surface area contributed by atoms with Crippen molar-refractivity contribution in [2.24, 2.45) is 0 Å². The lowest BCUT2D eigenvalue weighted by molar-refractivity contribution is -0.284. The van der Waals surface area contributed by atoms with Gasteiger partial charge >= 0.3 is 6.92 Å². The first-order chi connectivity index (χ1) is 9.46. The fourth-order valence-corrected chi connectivity index (χ4v) is 2.86. The second-order valence-corrected chi connectivity index (χ2v) is 7.75. The minimum atomic E-state index is -0.566. The van der Waals surface area contributed by atoms with Crippen LogP contribution in [0.1, 0.15) is 52.7 Å². The van der Waals surface area contributed by atoms with Crippen molar-refractivity contribution in [2.45, 2.75) is 72.1 Å². The first-order valence-electron chi connectivity index (χ1n) is 7.58. The lowest BCUT2D eigenvalue weighted by Crippen LogP contribution is -2.62. The van der Waals surface area contributed by atoms with E-state index in [1.54, 1.807) is 0 Å². The minimum absolute atomic E-state index is 0.244. The van der Waals surface area contributed by atoms with Crippen LogP contribution < -0.4 is 5.46 Å². The van der Waals surface area contributed by atoms with E-state index in [0.717, 1.165) is 5.46 Å². The third kappa shape index (κ3) is 3.03. The molecule has 1 heterocycles. The van der Waals surface area contributed by atoms with Crippen LogP contribution in [0.25, 0.3) is 0 Å². The fraction of sp³-hybridized carbons (Fsp3) is 0.647. The summed E-state index contributed by atoms with van der Waals surface area (Å²) < 4.78 is 6.41. The Bertz CT molecular complexity index is 533. The van der Waals surface area contributed by atoms with Gasteiger partial charge in [-0.2, -0.15) is 0 Å². The van der Waals surface area contributed by atoms with Gasteiger partial charge in [0, 0.05) is 0 Å². The maximum absolute atomic E-state index is 6.41. The SMILES string of the molecule is Cc1ccc(C)c(B2OOC(C)(C)C2(C)OC(C)(C)C)c1. The molecule has 1 aromatic rings. The van der Waals surface area contributed by atoms with Gasteiger partial charge in [-0.25, -0.2) is 4.89 Å². The summed E-state index contributed by atoms with van der Waals surface area (Å²) in [5, 5.41) is 0. The van der Waals surface area contributed by atoms with E-state index in [1.165, 1.54) is 11.1 Å². The largest absolute Gasteiger partial charge is 0.408 e. The van der Waals surface area contributed by atoms with Gasteiger partial charge in [-0.3, -0.25) is 4.81 Å². The van der Waals surface area contributed by atoms with Crippen LogP contribution in [0, 0.1) is 13.8 Å². The van der Waals surface area contributed by atoms with E-state index in [9.17, 15) is 0 Å². The van der Waals surface area contributed by atoms with E-state index >= 15 is 0 Å². The molecule has 4 heteroatoms. The maximum Gasteiger partial charge on any atom is 0.408 e. The third-order valence-corrected chi connectivity index (χ3v) is 4.28. The van der Waals surface area contributed by atoms with Crippen molar-refractivity contribution >= 4 is 12.4 Å². The molecule has 3 nitrogen and oxygen atoms in total. The highest BCUT2D eigenvalue weighted by molar-refractivity contribution is 6.71. The Labute approximate surface area is 129 Å². The van der Waals surface area contributed by atoms with Gasteiger partial charge in [-0.1, -0.05) is 29.3 Å². The van der Waals surface area contributed by atoms with E-state index in [-0.39, 0.29) is 12.5 Å². The van der Waals surface area contributed by atoms with Crippen molar-refractivity contribution in [1.82, 2.24) is 0 Å². The number of hydrogen-bond acceptors (Lipinski definition) is 3. The quantitative estimate of drug-likeness (QED) is 0.617. The van der Waals surface area contributed by atoms with Gasteiger partial charge in [0.2, 0.25) is 0 Å². The fourth-order valence-electron chi connectivity index (χ4n) is 2.86. The van der Waals surface area contributed by atoms with Crippen LogP contribution in [0.5, 0.6) is 0 Å². The summed E-state index contributed by atoms with van der Waals surface area (Å²) in [4.78, 5) is 11.4. The van der Waals surface area contributed by atoms with Crippen molar-refractivity contribution in [2.75, 3.05) is 0 Å². The summed E-state index contributed by atoms with van der Waals surface area (Å²) in [7, 11) is 0. The summed E-state index contributed by atoms with van der Waals surface area (Å²) in [6, 6.07) is 6.40. The predicted molar refractivity (Wildman–Crippen MR) is 86.8 cm³/mol. The second-order valence-electron chi connectivity index (χ2n) is 7.75. The number of aryl methyl sites for hydroxylation is 2. The third-order valence-electron chi connectivity index (χ3n) is 4.28. The second kappa shape index (κ2) is 5.11. The zero-order valence-electron chi connectivity index (χ0n) is 14.5. The summed E-state index contributed by atoms with van der Waals surface area (Å²) >= 11 is 0. The molecule has 2 rings (SSSR count). The smallest absolute Gasteiger partial charge is 0.371 e. The maximum atomic E-state index is 6.41.